The summed E-state index contributed by atoms with van der Waals surface area (Å²) in [5.74, 6) is -1.07. The number of halogens is 1. The van der Waals surface area contributed by atoms with E-state index in [9.17, 15) is 14.4 Å². The van der Waals surface area contributed by atoms with E-state index in [1.165, 1.54) is 26.8 Å². The summed E-state index contributed by atoms with van der Waals surface area (Å²) in [6.07, 6.45) is -0.778. The fourth-order valence-electron chi connectivity index (χ4n) is 1.25. The van der Waals surface area contributed by atoms with E-state index in [0.29, 0.717) is 10.7 Å². The molecule has 0 fully saturated rings. The van der Waals surface area contributed by atoms with Crippen molar-refractivity contribution in [2.45, 2.75) is 31.9 Å². The standard InChI is InChI=1S/C13H15ClN2O4S/c1-7(17)8(2)20-12(19)6-21-13-10(15-9(3)18)4-5-11(14)16-13/h4-5,8H,6H2,1-3H3,(H,15,18). The maximum absolute atomic E-state index is 11.6. The molecule has 1 aromatic heterocycles. The van der Waals surface area contributed by atoms with Crippen molar-refractivity contribution in [1.29, 1.82) is 0 Å². The number of amides is 1. The number of Topliss-reactive ketones (excluding diaryl/α,β-unsaturated/α-hetero) is 1. The van der Waals surface area contributed by atoms with Crippen LogP contribution in [-0.4, -0.2) is 34.5 Å². The molecule has 0 radical (unpaired) electrons. The Hall–Kier alpha value is -1.60. The number of carbonyl (C=O) groups is 3. The molecule has 1 unspecified atom stereocenters. The summed E-state index contributed by atoms with van der Waals surface area (Å²) in [6.45, 7) is 4.22. The van der Waals surface area contributed by atoms with Crippen molar-refractivity contribution in [1.82, 2.24) is 4.98 Å². The summed E-state index contributed by atoms with van der Waals surface area (Å²) in [5.41, 5.74) is 0.462. The maximum atomic E-state index is 11.6. The number of rotatable bonds is 6. The molecule has 21 heavy (non-hydrogen) atoms. The monoisotopic (exact) mass is 330 g/mol. The lowest BCUT2D eigenvalue weighted by atomic mass is 10.3. The van der Waals surface area contributed by atoms with E-state index in [1.807, 2.05) is 0 Å². The highest BCUT2D eigenvalue weighted by Gasteiger charge is 2.15. The lowest BCUT2D eigenvalue weighted by Crippen LogP contribution is -2.22. The summed E-state index contributed by atoms with van der Waals surface area (Å²) < 4.78 is 4.93. The summed E-state index contributed by atoms with van der Waals surface area (Å²) in [6, 6.07) is 3.13. The van der Waals surface area contributed by atoms with Gasteiger partial charge in [-0.3, -0.25) is 14.4 Å². The number of nitrogens with one attached hydrogen (secondary N) is 1. The van der Waals surface area contributed by atoms with Crippen LogP contribution in [0.3, 0.4) is 0 Å². The predicted molar refractivity (Wildman–Crippen MR) is 80.5 cm³/mol. The van der Waals surface area contributed by atoms with Crippen LogP contribution in [0.15, 0.2) is 17.2 Å². The zero-order chi connectivity index (χ0) is 16.0. The minimum Gasteiger partial charge on any atom is -0.454 e. The quantitative estimate of drug-likeness (QED) is 0.489. The average Bonchev–Trinajstić information content (AvgIpc) is 2.38. The SMILES string of the molecule is CC(=O)Nc1ccc(Cl)nc1SCC(=O)OC(C)C(C)=O. The van der Waals surface area contributed by atoms with E-state index in [2.05, 4.69) is 10.3 Å². The van der Waals surface area contributed by atoms with Crippen molar-refractivity contribution in [2.75, 3.05) is 11.1 Å². The van der Waals surface area contributed by atoms with Crippen LogP contribution in [0.4, 0.5) is 5.69 Å². The third-order valence-corrected chi connectivity index (χ3v) is 3.52. The van der Waals surface area contributed by atoms with Gasteiger partial charge < -0.3 is 10.1 Å². The summed E-state index contributed by atoms with van der Waals surface area (Å²) >= 11 is 6.87. The summed E-state index contributed by atoms with van der Waals surface area (Å²) in [4.78, 5) is 37.8. The van der Waals surface area contributed by atoms with Gasteiger partial charge in [0.1, 0.15) is 10.2 Å². The van der Waals surface area contributed by atoms with Crippen molar-refractivity contribution < 1.29 is 19.1 Å². The topological polar surface area (TPSA) is 85.4 Å². The molecule has 0 aliphatic rings. The molecule has 0 saturated carbocycles. The van der Waals surface area contributed by atoms with Gasteiger partial charge in [0.2, 0.25) is 5.91 Å². The molecule has 1 rings (SSSR count). The molecule has 1 atom stereocenters. The van der Waals surface area contributed by atoms with Crippen molar-refractivity contribution in [3.63, 3.8) is 0 Å². The number of nitrogens with zero attached hydrogens (tertiary/aromatic N) is 1. The molecular formula is C13H15ClN2O4S. The van der Waals surface area contributed by atoms with Gasteiger partial charge in [-0.05, 0) is 26.0 Å². The number of aromatic nitrogens is 1. The van der Waals surface area contributed by atoms with Crippen LogP contribution in [0.5, 0.6) is 0 Å². The Bertz CT molecular complexity index is 565. The van der Waals surface area contributed by atoms with E-state index in [-0.39, 0.29) is 22.6 Å². The van der Waals surface area contributed by atoms with Crippen molar-refractivity contribution >= 4 is 46.7 Å². The molecule has 6 nitrogen and oxygen atoms in total. The molecule has 1 aromatic rings. The number of anilines is 1. The first-order valence-corrected chi connectivity index (χ1v) is 7.43. The molecule has 0 aromatic carbocycles. The Labute approximate surface area is 131 Å². The number of thioether (sulfide) groups is 1. The fraction of sp³-hybridized carbons (Fsp3) is 0.385. The number of pyridine rings is 1. The average molecular weight is 331 g/mol. The third kappa shape index (κ3) is 6.14. The van der Waals surface area contributed by atoms with Gasteiger partial charge in [-0.25, -0.2) is 4.98 Å². The zero-order valence-electron chi connectivity index (χ0n) is 11.8. The molecule has 1 heterocycles. The first-order valence-electron chi connectivity index (χ1n) is 6.06. The van der Waals surface area contributed by atoms with Gasteiger partial charge in [-0.15, -0.1) is 0 Å². The number of hydrogen-bond donors (Lipinski definition) is 1. The molecule has 1 amide bonds. The molecule has 0 aliphatic carbocycles. The van der Waals surface area contributed by atoms with Crippen LogP contribution < -0.4 is 5.32 Å². The normalized spacial score (nSPS) is 11.6. The van der Waals surface area contributed by atoms with Gasteiger partial charge in [-0.2, -0.15) is 0 Å². The highest BCUT2D eigenvalue weighted by molar-refractivity contribution is 8.00. The Morgan fingerprint density at radius 3 is 2.62 bits per heavy atom. The van der Waals surface area contributed by atoms with E-state index in [1.54, 1.807) is 6.07 Å². The Morgan fingerprint density at radius 1 is 1.38 bits per heavy atom. The van der Waals surface area contributed by atoms with Crippen LogP contribution in [0.1, 0.15) is 20.8 Å². The first-order chi connectivity index (χ1) is 9.79. The number of esters is 1. The second-order valence-electron chi connectivity index (χ2n) is 4.20. The number of ketones is 1. The lowest BCUT2D eigenvalue weighted by molar-refractivity contribution is -0.150. The van der Waals surface area contributed by atoms with Gasteiger partial charge >= 0.3 is 5.97 Å². The van der Waals surface area contributed by atoms with Crippen LogP contribution in [0.2, 0.25) is 5.15 Å². The molecule has 0 saturated heterocycles. The van der Waals surface area contributed by atoms with E-state index in [0.717, 1.165) is 11.8 Å². The minimum atomic E-state index is -0.778. The second-order valence-corrected chi connectivity index (χ2v) is 5.55. The van der Waals surface area contributed by atoms with E-state index in [4.69, 9.17) is 16.3 Å². The van der Waals surface area contributed by atoms with Crippen LogP contribution in [0, 0.1) is 0 Å². The van der Waals surface area contributed by atoms with Gasteiger partial charge in [-0.1, -0.05) is 23.4 Å². The van der Waals surface area contributed by atoms with Crippen LogP contribution in [0.25, 0.3) is 0 Å². The molecule has 0 aliphatic heterocycles. The van der Waals surface area contributed by atoms with Gasteiger partial charge in [0.25, 0.3) is 0 Å². The first kappa shape index (κ1) is 17.5. The fourth-order valence-corrected chi connectivity index (χ4v) is 2.21. The lowest BCUT2D eigenvalue weighted by Gasteiger charge is -2.11. The smallest absolute Gasteiger partial charge is 0.317 e. The van der Waals surface area contributed by atoms with E-state index >= 15 is 0 Å². The van der Waals surface area contributed by atoms with E-state index < -0.39 is 12.1 Å². The highest BCUT2D eigenvalue weighted by atomic mass is 35.5. The van der Waals surface area contributed by atoms with Crippen molar-refractivity contribution in [3.05, 3.63) is 17.3 Å². The molecular weight excluding hydrogens is 316 g/mol. The highest BCUT2D eigenvalue weighted by Crippen LogP contribution is 2.27. The van der Waals surface area contributed by atoms with Crippen LogP contribution >= 0.6 is 23.4 Å². The predicted octanol–water partition coefficient (Wildman–Crippen LogP) is 2.31. The zero-order valence-corrected chi connectivity index (χ0v) is 13.4. The molecule has 0 bridgehead atoms. The number of hydrogen-bond acceptors (Lipinski definition) is 6. The summed E-state index contributed by atoms with van der Waals surface area (Å²) in [5, 5.41) is 3.25. The van der Waals surface area contributed by atoms with Gasteiger partial charge in [0.15, 0.2) is 11.9 Å². The van der Waals surface area contributed by atoms with Crippen molar-refractivity contribution in [3.8, 4) is 0 Å². The van der Waals surface area contributed by atoms with Crippen LogP contribution in [-0.2, 0) is 19.1 Å². The second kappa shape index (κ2) is 7.99. The maximum Gasteiger partial charge on any atom is 0.317 e. The van der Waals surface area contributed by atoms with Crippen molar-refractivity contribution in [2.24, 2.45) is 0 Å². The molecule has 0 spiro atoms. The Balaban J connectivity index is 2.69. The largest absolute Gasteiger partial charge is 0.454 e. The molecule has 114 valence electrons. The van der Waals surface area contributed by atoms with Gasteiger partial charge in [0.05, 0.1) is 11.4 Å². The Kier molecular flexibility index (Phi) is 6.64. The number of carbonyl (C=O) groups excluding carboxylic acids is 3. The minimum absolute atomic E-state index is 0.0441. The third-order valence-electron chi connectivity index (χ3n) is 2.34. The summed E-state index contributed by atoms with van der Waals surface area (Å²) in [7, 11) is 0. The molecule has 8 heteroatoms. The Morgan fingerprint density at radius 2 is 2.05 bits per heavy atom. The number of ether oxygens (including phenoxy) is 1. The van der Waals surface area contributed by atoms with Gasteiger partial charge in [0, 0.05) is 6.92 Å². The molecule has 1 N–H and O–H groups in total.